The Bertz CT molecular complexity index is 258. The molecule has 0 atom stereocenters. The number of rotatable bonds is 1. The number of hydrogen-bond acceptors (Lipinski definition) is 0. The lowest BCUT2D eigenvalue weighted by molar-refractivity contribution is 0.501. The minimum absolute atomic E-state index is 0.453. The minimum atomic E-state index is -4.85. The van der Waals surface area contributed by atoms with E-state index in [2.05, 4.69) is 15.9 Å². The van der Waals surface area contributed by atoms with Crippen LogP contribution in [0.4, 0.5) is 12.9 Å². The van der Waals surface area contributed by atoms with Gasteiger partial charge in [0.25, 0.3) is 0 Å². The minimum Gasteiger partial charge on any atom is -0.445 e. The second kappa shape index (κ2) is 2.89. The largest absolute Gasteiger partial charge is 0.509 e. The molecule has 0 saturated heterocycles. The average molecular weight is 224 g/mol. The maximum Gasteiger partial charge on any atom is 0.509 e. The maximum atomic E-state index is 12.0. The van der Waals surface area contributed by atoms with Gasteiger partial charge in [0.15, 0.2) is 0 Å². The Hall–Kier alpha value is -0.445. The van der Waals surface area contributed by atoms with Gasteiger partial charge in [0.1, 0.15) is 0 Å². The summed E-state index contributed by atoms with van der Waals surface area (Å²) in [4.78, 5) is 0. The zero-order valence-corrected chi connectivity index (χ0v) is 6.98. The molecule has 60 valence electrons. The smallest absolute Gasteiger partial charge is 0.445 e. The van der Waals surface area contributed by atoms with Crippen molar-refractivity contribution in [1.82, 2.24) is 0 Å². The van der Waals surface area contributed by atoms with Crippen molar-refractivity contribution in [2.45, 2.75) is 0 Å². The molecule has 0 saturated carbocycles. The zero-order chi connectivity index (χ0) is 8.48. The molecule has 0 unspecified atom stereocenters. The third-order valence-corrected chi connectivity index (χ3v) is 1.72. The first-order valence-corrected chi connectivity index (χ1v) is 3.75. The van der Waals surface area contributed by atoms with Crippen molar-refractivity contribution in [3.05, 3.63) is 28.7 Å². The van der Waals surface area contributed by atoms with Gasteiger partial charge in [0.05, 0.1) is 0 Å². The average Bonchev–Trinajstić information content (AvgIpc) is 1.86. The van der Waals surface area contributed by atoms with Gasteiger partial charge in [0, 0.05) is 4.47 Å². The molecule has 5 heteroatoms. The van der Waals surface area contributed by atoms with Crippen LogP contribution in [0.15, 0.2) is 28.7 Å². The second-order valence-corrected chi connectivity index (χ2v) is 3.05. The second-order valence-electron chi connectivity index (χ2n) is 2.13. The molecule has 11 heavy (non-hydrogen) atoms. The Balaban J connectivity index is 3.06. The third-order valence-electron chi connectivity index (χ3n) is 1.23. The summed E-state index contributed by atoms with van der Waals surface area (Å²) in [6.45, 7) is -4.85. The molecule has 0 fully saturated rings. The van der Waals surface area contributed by atoms with Crippen LogP contribution in [0.3, 0.4) is 0 Å². The molecule has 0 bridgehead atoms. The lowest BCUT2D eigenvalue weighted by Gasteiger charge is -2.14. The molecule has 1 aromatic rings. The normalized spacial score (nSPS) is 11.6. The van der Waals surface area contributed by atoms with E-state index in [1.54, 1.807) is 6.07 Å². The van der Waals surface area contributed by atoms with Gasteiger partial charge in [-0.05, 0) is 6.07 Å². The first kappa shape index (κ1) is 8.65. The molecule has 0 nitrogen and oxygen atoms in total. The van der Waals surface area contributed by atoms with Crippen LogP contribution < -0.4 is 5.46 Å². The van der Waals surface area contributed by atoms with Gasteiger partial charge >= 0.3 is 6.98 Å². The fraction of sp³-hybridized carbons (Fsp3) is 0. The van der Waals surface area contributed by atoms with E-state index in [-0.39, 0.29) is 0 Å². The van der Waals surface area contributed by atoms with E-state index in [4.69, 9.17) is 0 Å². The van der Waals surface area contributed by atoms with Crippen LogP contribution in [0.5, 0.6) is 0 Å². The Labute approximate surface area is 70.6 Å². The molecule has 0 spiro atoms. The fourth-order valence-electron chi connectivity index (χ4n) is 0.710. The van der Waals surface area contributed by atoms with E-state index >= 15 is 0 Å². The molecule has 0 heterocycles. The van der Waals surface area contributed by atoms with E-state index in [1.165, 1.54) is 6.07 Å². The van der Waals surface area contributed by atoms with E-state index < -0.39 is 12.4 Å². The summed E-state index contributed by atoms with van der Waals surface area (Å²) >= 11 is 2.96. The first-order chi connectivity index (χ1) is 5.00. The van der Waals surface area contributed by atoms with Crippen LogP contribution in [0.25, 0.3) is 0 Å². The monoisotopic (exact) mass is 223 g/mol. The van der Waals surface area contributed by atoms with Crippen LogP contribution >= 0.6 is 15.9 Å². The molecule has 0 aliphatic rings. The highest BCUT2D eigenvalue weighted by Gasteiger charge is 2.24. The van der Waals surface area contributed by atoms with Gasteiger partial charge in [-0.15, -0.1) is 5.46 Å². The van der Waals surface area contributed by atoms with Gasteiger partial charge in [-0.2, -0.15) is 0 Å². The predicted molar refractivity (Wildman–Crippen MR) is 42.9 cm³/mol. The topological polar surface area (TPSA) is 0 Å². The van der Waals surface area contributed by atoms with Crippen molar-refractivity contribution in [3.8, 4) is 0 Å². The number of benzene rings is 1. The van der Waals surface area contributed by atoms with Gasteiger partial charge in [0.2, 0.25) is 0 Å². The van der Waals surface area contributed by atoms with E-state index in [0.717, 1.165) is 12.1 Å². The predicted octanol–water partition coefficient (Wildman–Crippen LogP) is 2.50. The Kier molecular flexibility index (Phi) is 2.27. The molecule has 0 aliphatic carbocycles. The molecule has 1 rings (SSSR count). The summed E-state index contributed by atoms with van der Waals surface area (Å²) in [5, 5.41) is 0. The first-order valence-electron chi connectivity index (χ1n) is 2.95. The van der Waals surface area contributed by atoms with Crippen molar-refractivity contribution in [2.24, 2.45) is 0 Å². The number of hydrogen-bond donors (Lipinski definition) is 0. The van der Waals surface area contributed by atoms with E-state index in [9.17, 15) is 12.9 Å². The quantitative estimate of drug-likeness (QED) is 0.642. The van der Waals surface area contributed by atoms with E-state index in [0.29, 0.717) is 4.47 Å². The third kappa shape index (κ3) is 2.25. The van der Waals surface area contributed by atoms with Gasteiger partial charge in [-0.25, -0.2) is 0 Å². The molecule has 0 radical (unpaired) electrons. The molecule has 0 aliphatic heterocycles. The fourth-order valence-corrected chi connectivity index (χ4v) is 1.13. The van der Waals surface area contributed by atoms with Crippen LogP contribution in [-0.2, 0) is 0 Å². The highest BCUT2D eigenvalue weighted by molar-refractivity contribution is 9.10. The van der Waals surface area contributed by atoms with Crippen LogP contribution in [0, 0.1) is 0 Å². The van der Waals surface area contributed by atoms with Crippen molar-refractivity contribution in [2.75, 3.05) is 0 Å². The van der Waals surface area contributed by atoms with Gasteiger partial charge < -0.3 is 12.9 Å². The zero-order valence-electron chi connectivity index (χ0n) is 5.40. The maximum absolute atomic E-state index is 12.0. The standard InChI is InChI=1S/C6H4BBrF3/c8-6-3-1-2-5(4-6)7(9,10)11/h1-4H/q-1. The Morgan fingerprint density at radius 2 is 1.82 bits per heavy atom. The van der Waals surface area contributed by atoms with Crippen LogP contribution in [0.1, 0.15) is 0 Å². The van der Waals surface area contributed by atoms with Crippen molar-refractivity contribution >= 4 is 28.4 Å². The summed E-state index contributed by atoms with van der Waals surface area (Å²) in [7, 11) is 0. The highest BCUT2D eigenvalue weighted by Crippen LogP contribution is 2.12. The van der Waals surface area contributed by atoms with Gasteiger partial charge in [-0.3, -0.25) is 0 Å². The summed E-state index contributed by atoms with van der Waals surface area (Å²) in [6, 6.07) is 5.06. The lowest BCUT2D eigenvalue weighted by atomic mass is 9.80. The summed E-state index contributed by atoms with van der Waals surface area (Å²) in [5.41, 5.74) is -0.570. The van der Waals surface area contributed by atoms with Crippen molar-refractivity contribution in [1.29, 1.82) is 0 Å². The number of halogens is 4. The summed E-state index contributed by atoms with van der Waals surface area (Å²) in [6.07, 6.45) is 0. The lowest BCUT2D eigenvalue weighted by Crippen LogP contribution is -2.33. The molecule has 0 N–H and O–H groups in total. The highest BCUT2D eigenvalue weighted by atomic mass is 79.9. The van der Waals surface area contributed by atoms with E-state index in [1.807, 2.05) is 0 Å². The Morgan fingerprint density at radius 3 is 2.18 bits per heavy atom. The SMILES string of the molecule is F[B-](F)(F)c1cccc(Br)c1. The molecule has 0 aromatic heterocycles. The Morgan fingerprint density at radius 1 is 1.18 bits per heavy atom. The summed E-state index contributed by atoms with van der Waals surface area (Å²) < 4.78 is 36.5. The molecule has 1 aromatic carbocycles. The van der Waals surface area contributed by atoms with Crippen molar-refractivity contribution in [3.63, 3.8) is 0 Å². The summed E-state index contributed by atoms with van der Waals surface area (Å²) in [5.74, 6) is 0. The van der Waals surface area contributed by atoms with Crippen LogP contribution in [0.2, 0.25) is 0 Å². The van der Waals surface area contributed by atoms with Crippen molar-refractivity contribution < 1.29 is 12.9 Å². The van der Waals surface area contributed by atoms with Gasteiger partial charge in [-0.1, -0.05) is 34.1 Å². The molecular formula is C6H4BBrF3-. The molecular weight excluding hydrogens is 220 g/mol. The van der Waals surface area contributed by atoms with Crippen LogP contribution in [-0.4, -0.2) is 6.98 Å². The molecule has 0 amide bonds.